The zero-order valence-corrected chi connectivity index (χ0v) is 11.4. The Bertz CT molecular complexity index is 771. The molecule has 1 saturated carbocycles. The van der Waals surface area contributed by atoms with Crippen LogP contribution in [0.15, 0.2) is 36.5 Å². The molecule has 2 N–H and O–H groups in total. The lowest BCUT2D eigenvalue weighted by Crippen LogP contribution is -2.05. The summed E-state index contributed by atoms with van der Waals surface area (Å²) in [4.78, 5) is 12.4. The van der Waals surface area contributed by atoms with Crippen molar-refractivity contribution < 1.29 is 0 Å². The highest BCUT2D eigenvalue weighted by Crippen LogP contribution is 2.30. The van der Waals surface area contributed by atoms with Crippen LogP contribution in [0.4, 0.5) is 5.82 Å². The molecule has 20 heavy (non-hydrogen) atoms. The van der Waals surface area contributed by atoms with Crippen molar-refractivity contribution in [2.24, 2.45) is 0 Å². The van der Waals surface area contributed by atoms with Gasteiger partial charge in [0.15, 0.2) is 0 Å². The molecule has 0 unspecified atom stereocenters. The summed E-state index contributed by atoms with van der Waals surface area (Å²) < 4.78 is 0. The monoisotopic (exact) mass is 264 g/mol. The molecule has 2 heterocycles. The van der Waals surface area contributed by atoms with Crippen molar-refractivity contribution in [3.63, 3.8) is 0 Å². The number of anilines is 1. The number of hydrogen-bond donors (Lipinski definition) is 2. The van der Waals surface area contributed by atoms with E-state index in [1.807, 2.05) is 25.3 Å². The summed E-state index contributed by atoms with van der Waals surface area (Å²) in [6.45, 7) is 1.94. The van der Waals surface area contributed by atoms with Gasteiger partial charge in [0, 0.05) is 34.8 Å². The van der Waals surface area contributed by atoms with Crippen LogP contribution >= 0.6 is 0 Å². The van der Waals surface area contributed by atoms with Crippen LogP contribution in [0.1, 0.15) is 18.7 Å². The Kier molecular flexibility index (Phi) is 2.49. The lowest BCUT2D eigenvalue weighted by molar-refractivity contribution is 1.03. The van der Waals surface area contributed by atoms with Gasteiger partial charge in [-0.05, 0) is 25.8 Å². The van der Waals surface area contributed by atoms with Crippen molar-refractivity contribution >= 4 is 16.7 Å². The molecule has 1 aromatic carbocycles. The minimum Gasteiger partial charge on any atom is -0.367 e. The lowest BCUT2D eigenvalue weighted by Gasteiger charge is -2.07. The Balaban J connectivity index is 1.82. The van der Waals surface area contributed by atoms with E-state index in [-0.39, 0.29) is 0 Å². The number of hydrogen-bond acceptors (Lipinski definition) is 3. The van der Waals surface area contributed by atoms with E-state index in [9.17, 15) is 0 Å². The highest BCUT2D eigenvalue weighted by Gasteiger charge is 2.21. The largest absolute Gasteiger partial charge is 0.367 e. The number of nitrogens with one attached hydrogen (secondary N) is 2. The minimum absolute atomic E-state index is 0.597. The zero-order chi connectivity index (χ0) is 13.5. The van der Waals surface area contributed by atoms with E-state index < -0.39 is 0 Å². The van der Waals surface area contributed by atoms with Crippen LogP contribution in [0.2, 0.25) is 0 Å². The first-order chi connectivity index (χ1) is 9.79. The Morgan fingerprint density at radius 3 is 2.90 bits per heavy atom. The van der Waals surface area contributed by atoms with Crippen LogP contribution in [-0.2, 0) is 0 Å². The van der Waals surface area contributed by atoms with Gasteiger partial charge in [-0.3, -0.25) is 0 Å². The zero-order valence-electron chi connectivity index (χ0n) is 11.4. The van der Waals surface area contributed by atoms with Crippen LogP contribution in [0.25, 0.3) is 22.2 Å². The van der Waals surface area contributed by atoms with Crippen molar-refractivity contribution in [2.45, 2.75) is 25.8 Å². The molecule has 3 aromatic rings. The number of aryl methyl sites for hydroxylation is 1. The second-order valence-electron chi connectivity index (χ2n) is 5.35. The average Bonchev–Trinajstić information content (AvgIpc) is 3.14. The van der Waals surface area contributed by atoms with Crippen LogP contribution in [0, 0.1) is 6.92 Å². The van der Waals surface area contributed by atoms with Crippen molar-refractivity contribution in [1.29, 1.82) is 0 Å². The highest BCUT2D eigenvalue weighted by atomic mass is 15.1. The van der Waals surface area contributed by atoms with E-state index >= 15 is 0 Å². The Morgan fingerprint density at radius 1 is 1.20 bits per heavy atom. The van der Waals surface area contributed by atoms with E-state index in [1.165, 1.54) is 18.2 Å². The molecule has 4 heteroatoms. The van der Waals surface area contributed by atoms with E-state index in [0.29, 0.717) is 6.04 Å². The van der Waals surface area contributed by atoms with Crippen molar-refractivity contribution in [3.8, 4) is 11.3 Å². The second kappa shape index (κ2) is 4.34. The second-order valence-corrected chi connectivity index (χ2v) is 5.35. The Labute approximate surface area is 117 Å². The van der Waals surface area contributed by atoms with Crippen molar-refractivity contribution in [3.05, 3.63) is 42.4 Å². The third-order valence-electron chi connectivity index (χ3n) is 3.63. The molecule has 1 aliphatic carbocycles. The number of aromatic amines is 1. The summed E-state index contributed by atoms with van der Waals surface area (Å²) >= 11 is 0. The first-order valence-electron chi connectivity index (χ1n) is 6.98. The molecule has 0 aliphatic heterocycles. The van der Waals surface area contributed by atoms with Crippen LogP contribution in [-0.4, -0.2) is 21.0 Å². The molecule has 4 rings (SSSR count). The maximum atomic E-state index is 4.58. The molecule has 2 aromatic heterocycles. The molecular formula is C16H16N4. The van der Waals surface area contributed by atoms with Crippen molar-refractivity contribution in [2.75, 3.05) is 5.32 Å². The van der Waals surface area contributed by atoms with Crippen LogP contribution in [0.5, 0.6) is 0 Å². The summed E-state index contributed by atoms with van der Waals surface area (Å²) in [6, 6.07) is 10.9. The fraction of sp³-hybridized carbons (Fsp3) is 0.250. The Morgan fingerprint density at radius 2 is 2.05 bits per heavy atom. The summed E-state index contributed by atoms with van der Waals surface area (Å²) in [5.74, 6) is 1.73. The van der Waals surface area contributed by atoms with Crippen LogP contribution < -0.4 is 5.32 Å². The molecule has 1 aliphatic rings. The molecule has 0 spiro atoms. The maximum Gasteiger partial charge on any atom is 0.130 e. The molecule has 0 amide bonds. The number of nitrogens with zero attached hydrogens (tertiary/aromatic N) is 2. The Hall–Kier alpha value is -2.36. The smallest absolute Gasteiger partial charge is 0.130 e. The number of aromatic nitrogens is 3. The number of para-hydroxylation sites is 1. The molecule has 1 fully saturated rings. The maximum absolute atomic E-state index is 4.58. The van der Waals surface area contributed by atoms with Gasteiger partial charge in [0.05, 0.1) is 5.69 Å². The number of benzene rings is 1. The molecule has 0 bridgehead atoms. The van der Waals surface area contributed by atoms with E-state index in [1.54, 1.807) is 0 Å². The van der Waals surface area contributed by atoms with Gasteiger partial charge in [0.1, 0.15) is 11.6 Å². The quantitative estimate of drug-likeness (QED) is 0.761. The summed E-state index contributed by atoms with van der Waals surface area (Å²) in [6.07, 6.45) is 4.50. The van der Waals surface area contributed by atoms with Gasteiger partial charge in [-0.25, -0.2) is 9.97 Å². The minimum atomic E-state index is 0.597. The molecule has 100 valence electrons. The predicted molar refractivity (Wildman–Crippen MR) is 80.7 cm³/mol. The fourth-order valence-electron chi connectivity index (χ4n) is 2.50. The SMILES string of the molecule is Cc1nc(NC2CC2)cc(-c2c[nH]c3ccccc23)n1. The number of fused-ring (bicyclic) bond motifs is 1. The number of rotatable bonds is 3. The van der Waals surface area contributed by atoms with Crippen LogP contribution in [0.3, 0.4) is 0 Å². The molecular weight excluding hydrogens is 248 g/mol. The van der Waals surface area contributed by atoms with Gasteiger partial charge in [0.2, 0.25) is 0 Å². The first-order valence-corrected chi connectivity index (χ1v) is 6.98. The van der Waals surface area contributed by atoms with Gasteiger partial charge < -0.3 is 10.3 Å². The molecule has 0 atom stereocenters. The summed E-state index contributed by atoms with van der Waals surface area (Å²) in [5, 5.41) is 4.64. The standard InChI is InChI=1S/C16H16N4/c1-10-18-15(8-16(19-10)20-11-6-7-11)13-9-17-14-5-3-2-4-12(13)14/h2-5,8-9,11,17H,6-7H2,1H3,(H,18,19,20). The van der Waals surface area contributed by atoms with Gasteiger partial charge in [-0.2, -0.15) is 0 Å². The third-order valence-corrected chi connectivity index (χ3v) is 3.63. The third kappa shape index (κ3) is 2.03. The van der Waals surface area contributed by atoms with Gasteiger partial charge >= 0.3 is 0 Å². The van der Waals surface area contributed by atoms with Gasteiger partial charge in [-0.1, -0.05) is 18.2 Å². The molecule has 4 nitrogen and oxygen atoms in total. The van der Waals surface area contributed by atoms with Gasteiger partial charge in [0.25, 0.3) is 0 Å². The lowest BCUT2D eigenvalue weighted by atomic mass is 10.1. The number of H-pyrrole nitrogens is 1. The summed E-state index contributed by atoms with van der Waals surface area (Å²) in [5.41, 5.74) is 3.23. The van der Waals surface area contributed by atoms with E-state index in [0.717, 1.165) is 28.4 Å². The van der Waals surface area contributed by atoms with Gasteiger partial charge in [-0.15, -0.1) is 0 Å². The average molecular weight is 264 g/mol. The predicted octanol–water partition coefficient (Wildman–Crippen LogP) is 3.51. The summed E-state index contributed by atoms with van der Waals surface area (Å²) in [7, 11) is 0. The van der Waals surface area contributed by atoms with Crippen molar-refractivity contribution in [1.82, 2.24) is 15.0 Å². The highest BCUT2D eigenvalue weighted by molar-refractivity contribution is 5.94. The molecule has 0 saturated heterocycles. The first kappa shape index (κ1) is 11.5. The fourth-order valence-corrected chi connectivity index (χ4v) is 2.50. The topological polar surface area (TPSA) is 53.6 Å². The van der Waals surface area contributed by atoms with E-state index in [4.69, 9.17) is 0 Å². The normalized spacial score (nSPS) is 14.7. The van der Waals surface area contributed by atoms with E-state index in [2.05, 4.69) is 38.5 Å². The molecule has 0 radical (unpaired) electrons.